The summed E-state index contributed by atoms with van der Waals surface area (Å²) >= 11 is 7.55. The topological polar surface area (TPSA) is 29.1 Å². The number of para-hydroxylation sites is 1. The molecule has 0 saturated carbocycles. The van der Waals surface area contributed by atoms with Crippen LogP contribution in [0.3, 0.4) is 0 Å². The normalized spacial score (nSPS) is 10.4. The molecule has 0 aliphatic rings. The van der Waals surface area contributed by atoms with Gasteiger partial charge in [0.05, 0.1) is 15.6 Å². The van der Waals surface area contributed by atoms with E-state index in [0.29, 0.717) is 10.7 Å². The Labute approximate surface area is 116 Å². The van der Waals surface area contributed by atoms with E-state index in [1.165, 1.54) is 21.8 Å². The fourth-order valence-electron chi connectivity index (χ4n) is 1.73. The highest BCUT2D eigenvalue weighted by Gasteiger charge is 2.12. The van der Waals surface area contributed by atoms with E-state index in [1.54, 1.807) is 12.1 Å². The van der Waals surface area contributed by atoms with Crippen LogP contribution in [0, 0.1) is 6.92 Å². The molecule has 0 aliphatic heterocycles. The lowest BCUT2D eigenvalue weighted by molar-refractivity contribution is 0.103. The van der Waals surface area contributed by atoms with Crippen LogP contribution in [-0.2, 0) is 6.42 Å². The van der Waals surface area contributed by atoms with Crippen molar-refractivity contribution in [1.82, 2.24) is 0 Å². The number of anilines is 1. The molecule has 0 bridgehead atoms. The molecule has 1 amide bonds. The van der Waals surface area contributed by atoms with Crippen LogP contribution in [0.4, 0.5) is 5.69 Å². The molecule has 0 saturated heterocycles. The van der Waals surface area contributed by atoms with Gasteiger partial charge in [0.1, 0.15) is 0 Å². The maximum absolute atomic E-state index is 12.1. The Morgan fingerprint density at radius 3 is 2.72 bits per heavy atom. The van der Waals surface area contributed by atoms with E-state index < -0.39 is 0 Å². The number of thiophene rings is 1. The van der Waals surface area contributed by atoms with Crippen LogP contribution in [-0.4, -0.2) is 5.91 Å². The number of carbonyl (C=O) groups is 1. The van der Waals surface area contributed by atoms with Crippen molar-refractivity contribution in [3.8, 4) is 0 Å². The number of nitrogens with one attached hydrogen (secondary N) is 1. The number of hydrogen-bond donors (Lipinski definition) is 1. The zero-order valence-corrected chi connectivity index (χ0v) is 11.9. The third-order valence-electron chi connectivity index (χ3n) is 2.69. The maximum Gasteiger partial charge on any atom is 0.265 e. The van der Waals surface area contributed by atoms with Gasteiger partial charge >= 0.3 is 0 Å². The molecule has 0 spiro atoms. The molecule has 4 heteroatoms. The van der Waals surface area contributed by atoms with E-state index in [0.717, 1.165) is 11.3 Å². The number of carbonyl (C=O) groups excluding carboxylic acids is 1. The van der Waals surface area contributed by atoms with E-state index >= 15 is 0 Å². The fourth-order valence-corrected chi connectivity index (χ4v) is 2.92. The summed E-state index contributed by atoms with van der Waals surface area (Å²) in [6, 6.07) is 9.16. The standard InChI is InChI=1S/C14H14ClNOS/c1-3-12-9(2)8-13(18-12)14(17)16-11-7-5-4-6-10(11)15/h4-8H,3H2,1-2H3,(H,16,17). The Bertz CT molecular complexity index is 577. The van der Waals surface area contributed by atoms with Gasteiger partial charge in [0, 0.05) is 4.88 Å². The number of rotatable bonds is 3. The second kappa shape index (κ2) is 5.55. The molecular formula is C14H14ClNOS. The Balaban J connectivity index is 2.19. The van der Waals surface area contributed by atoms with Crippen LogP contribution in [0.1, 0.15) is 27.0 Å². The monoisotopic (exact) mass is 279 g/mol. The molecule has 1 aromatic heterocycles. The van der Waals surface area contributed by atoms with Crippen molar-refractivity contribution < 1.29 is 4.79 Å². The molecule has 18 heavy (non-hydrogen) atoms. The Morgan fingerprint density at radius 2 is 2.11 bits per heavy atom. The molecule has 0 unspecified atom stereocenters. The maximum atomic E-state index is 12.1. The summed E-state index contributed by atoms with van der Waals surface area (Å²) in [4.78, 5) is 14.1. The lowest BCUT2D eigenvalue weighted by Crippen LogP contribution is -2.10. The summed E-state index contributed by atoms with van der Waals surface area (Å²) in [5.41, 5.74) is 1.82. The van der Waals surface area contributed by atoms with Gasteiger partial charge < -0.3 is 5.32 Å². The second-order valence-corrected chi connectivity index (χ2v) is 5.55. The number of aryl methyl sites for hydroxylation is 2. The molecule has 2 aromatic rings. The highest BCUT2D eigenvalue weighted by Crippen LogP contribution is 2.25. The number of halogens is 1. The van der Waals surface area contributed by atoms with E-state index in [4.69, 9.17) is 11.6 Å². The van der Waals surface area contributed by atoms with Gasteiger partial charge in [-0.3, -0.25) is 4.79 Å². The van der Waals surface area contributed by atoms with E-state index in [-0.39, 0.29) is 5.91 Å². The van der Waals surface area contributed by atoms with E-state index in [1.807, 2.05) is 25.1 Å². The van der Waals surface area contributed by atoms with E-state index in [2.05, 4.69) is 12.2 Å². The first-order valence-corrected chi connectivity index (χ1v) is 6.96. The highest BCUT2D eigenvalue weighted by molar-refractivity contribution is 7.14. The molecular weight excluding hydrogens is 266 g/mol. The van der Waals surface area contributed by atoms with Gasteiger partial charge in [-0.05, 0) is 37.1 Å². The van der Waals surface area contributed by atoms with Gasteiger partial charge in [-0.25, -0.2) is 0 Å². The first kappa shape index (κ1) is 13.1. The molecule has 94 valence electrons. The van der Waals surface area contributed by atoms with Crippen LogP contribution in [0.2, 0.25) is 5.02 Å². The van der Waals surface area contributed by atoms with Gasteiger partial charge in [-0.1, -0.05) is 30.7 Å². The molecule has 2 rings (SSSR count). The molecule has 1 heterocycles. The summed E-state index contributed by atoms with van der Waals surface area (Å²) in [6.45, 7) is 4.12. The second-order valence-electron chi connectivity index (χ2n) is 4.00. The molecule has 0 aliphatic carbocycles. The van der Waals surface area contributed by atoms with Gasteiger partial charge in [0.2, 0.25) is 0 Å². The predicted octanol–water partition coefficient (Wildman–Crippen LogP) is 4.52. The van der Waals surface area contributed by atoms with Crippen molar-refractivity contribution in [2.24, 2.45) is 0 Å². The zero-order chi connectivity index (χ0) is 13.1. The Kier molecular flexibility index (Phi) is 4.04. The van der Waals surface area contributed by atoms with Crippen LogP contribution in [0.5, 0.6) is 0 Å². The van der Waals surface area contributed by atoms with Gasteiger partial charge in [-0.2, -0.15) is 0 Å². The summed E-state index contributed by atoms with van der Waals surface area (Å²) in [5.74, 6) is -0.101. The molecule has 0 radical (unpaired) electrons. The van der Waals surface area contributed by atoms with Crippen molar-refractivity contribution in [3.63, 3.8) is 0 Å². The molecule has 0 fully saturated rings. The molecule has 1 aromatic carbocycles. The average Bonchev–Trinajstić information content (AvgIpc) is 2.73. The fraction of sp³-hybridized carbons (Fsp3) is 0.214. The SMILES string of the molecule is CCc1sc(C(=O)Nc2ccccc2Cl)cc1C. The van der Waals surface area contributed by atoms with Crippen molar-refractivity contribution in [2.75, 3.05) is 5.32 Å². The summed E-state index contributed by atoms with van der Waals surface area (Å²) in [5, 5.41) is 3.38. The summed E-state index contributed by atoms with van der Waals surface area (Å²) < 4.78 is 0. The number of amides is 1. The van der Waals surface area contributed by atoms with Crippen LogP contribution in [0.25, 0.3) is 0 Å². The lowest BCUT2D eigenvalue weighted by Gasteiger charge is -2.04. The number of benzene rings is 1. The first-order chi connectivity index (χ1) is 8.61. The van der Waals surface area contributed by atoms with Crippen LogP contribution < -0.4 is 5.32 Å². The minimum absolute atomic E-state index is 0.101. The molecule has 1 N–H and O–H groups in total. The van der Waals surface area contributed by atoms with Gasteiger partial charge in [0.25, 0.3) is 5.91 Å². The van der Waals surface area contributed by atoms with Gasteiger partial charge in [-0.15, -0.1) is 11.3 Å². The third kappa shape index (κ3) is 2.74. The summed E-state index contributed by atoms with van der Waals surface area (Å²) in [7, 11) is 0. The van der Waals surface area contributed by atoms with Crippen molar-refractivity contribution >= 4 is 34.5 Å². The molecule has 2 nitrogen and oxygen atoms in total. The predicted molar refractivity (Wildman–Crippen MR) is 77.8 cm³/mol. The first-order valence-electron chi connectivity index (χ1n) is 5.77. The summed E-state index contributed by atoms with van der Waals surface area (Å²) in [6.07, 6.45) is 0.954. The zero-order valence-electron chi connectivity index (χ0n) is 10.3. The smallest absolute Gasteiger partial charge is 0.265 e. The van der Waals surface area contributed by atoms with E-state index in [9.17, 15) is 4.79 Å². The van der Waals surface area contributed by atoms with Crippen LogP contribution >= 0.6 is 22.9 Å². The average molecular weight is 280 g/mol. The third-order valence-corrected chi connectivity index (χ3v) is 4.40. The number of hydrogen-bond acceptors (Lipinski definition) is 2. The van der Waals surface area contributed by atoms with Crippen molar-refractivity contribution in [2.45, 2.75) is 20.3 Å². The lowest BCUT2D eigenvalue weighted by atomic mass is 10.2. The van der Waals surface area contributed by atoms with Crippen molar-refractivity contribution in [3.05, 3.63) is 50.7 Å². The Hall–Kier alpha value is -1.32. The van der Waals surface area contributed by atoms with Gasteiger partial charge in [0.15, 0.2) is 0 Å². The van der Waals surface area contributed by atoms with Crippen LogP contribution in [0.15, 0.2) is 30.3 Å². The quantitative estimate of drug-likeness (QED) is 0.879. The highest BCUT2D eigenvalue weighted by atomic mass is 35.5. The Morgan fingerprint density at radius 1 is 1.39 bits per heavy atom. The van der Waals surface area contributed by atoms with Crippen molar-refractivity contribution in [1.29, 1.82) is 0 Å². The largest absolute Gasteiger partial charge is 0.320 e. The molecule has 0 atom stereocenters. The minimum atomic E-state index is -0.101. The minimum Gasteiger partial charge on any atom is -0.320 e.